The summed E-state index contributed by atoms with van der Waals surface area (Å²) in [6.07, 6.45) is 1.09. The van der Waals surface area contributed by atoms with E-state index >= 15 is 0 Å². The SMILES string of the molecule is CS(=O)(=O)c1cccc(OCC(=O)Nc2cc(Cl)c(N)c(Cl)c2)c1. The van der Waals surface area contributed by atoms with Crippen molar-refractivity contribution in [3.8, 4) is 5.75 Å². The maximum atomic E-state index is 11.9. The van der Waals surface area contributed by atoms with E-state index in [-0.39, 0.29) is 33.0 Å². The van der Waals surface area contributed by atoms with Gasteiger partial charge in [-0.2, -0.15) is 0 Å². The number of carbonyl (C=O) groups excluding carboxylic acids is 1. The lowest BCUT2D eigenvalue weighted by Gasteiger charge is -2.10. The van der Waals surface area contributed by atoms with Crippen LogP contribution in [0.2, 0.25) is 10.0 Å². The molecule has 9 heteroatoms. The van der Waals surface area contributed by atoms with Gasteiger partial charge in [-0.05, 0) is 30.3 Å². The molecule has 3 N–H and O–H groups in total. The summed E-state index contributed by atoms with van der Waals surface area (Å²) in [6, 6.07) is 8.80. The van der Waals surface area contributed by atoms with Crippen molar-refractivity contribution in [1.29, 1.82) is 0 Å². The maximum Gasteiger partial charge on any atom is 0.262 e. The fourth-order valence-electron chi connectivity index (χ4n) is 1.80. The van der Waals surface area contributed by atoms with Gasteiger partial charge >= 0.3 is 0 Å². The van der Waals surface area contributed by atoms with E-state index in [2.05, 4.69) is 5.32 Å². The number of nitrogens with one attached hydrogen (secondary N) is 1. The van der Waals surface area contributed by atoms with Crippen molar-refractivity contribution < 1.29 is 17.9 Å². The Balaban J connectivity index is 2.01. The fourth-order valence-corrected chi connectivity index (χ4v) is 2.94. The fraction of sp³-hybridized carbons (Fsp3) is 0.133. The number of nitrogen functional groups attached to an aromatic ring is 1. The summed E-state index contributed by atoms with van der Waals surface area (Å²) >= 11 is 11.8. The Kier molecular flexibility index (Phi) is 5.58. The van der Waals surface area contributed by atoms with Gasteiger partial charge in [0.2, 0.25) is 0 Å². The molecule has 6 nitrogen and oxygen atoms in total. The minimum Gasteiger partial charge on any atom is -0.484 e. The Hall–Kier alpha value is -1.96. The van der Waals surface area contributed by atoms with Gasteiger partial charge in [-0.15, -0.1) is 0 Å². The zero-order valence-electron chi connectivity index (χ0n) is 12.5. The molecule has 0 unspecified atom stereocenters. The molecule has 0 saturated carbocycles. The molecule has 2 aromatic rings. The van der Waals surface area contributed by atoms with Crippen LogP contribution in [0.15, 0.2) is 41.3 Å². The van der Waals surface area contributed by atoms with Gasteiger partial charge in [0.05, 0.1) is 20.6 Å². The van der Waals surface area contributed by atoms with Gasteiger partial charge in [-0.1, -0.05) is 29.3 Å². The van der Waals surface area contributed by atoms with Gasteiger partial charge in [0, 0.05) is 11.9 Å². The second kappa shape index (κ2) is 7.29. The van der Waals surface area contributed by atoms with Gasteiger partial charge in [0.1, 0.15) is 5.75 Å². The quantitative estimate of drug-likeness (QED) is 0.766. The average molecular weight is 389 g/mol. The summed E-state index contributed by atoms with van der Waals surface area (Å²) in [7, 11) is -3.35. The molecule has 1 amide bonds. The first kappa shape index (κ1) is 18.4. The van der Waals surface area contributed by atoms with Crippen LogP contribution in [0, 0.1) is 0 Å². The van der Waals surface area contributed by atoms with Crippen LogP contribution in [0.3, 0.4) is 0 Å². The third-order valence-corrected chi connectivity index (χ3v) is 4.70. The van der Waals surface area contributed by atoms with E-state index in [1.165, 1.54) is 30.3 Å². The Bertz CT molecular complexity index is 862. The molecule has 0 aliphatic heterocycles. The standard InChI is InChI=1S/C15H14Cl2N2O4S/c1-24(21,22)11-4-2-3-10(7-11)23-8-14(20)19-9-5-12(16)15(18)13(17)6-9/h2-7H,8,18H2,1H3,(H,19,20). The van der Waals surface area contributed by atoms with Crippen LogP contribution in [0.1, 0.15) is 0 Å². The van der Waals surface area contributed by atoms with Gasteiger partial charge in [0.25, 0.3) is 5.91 Å². The van der Waals surface area contributed by atoms with Crippen molar-refractivity contribution in [2.24, 2.45) is 0 Å². The first-order valence-corrected chi connectivity index (χ1v) is 9.29. The van der Waals surface area contributed by atoms with Crippen molar-refractivity contribution in [2.75, 3.05) is 23.9 Å². The Morgan fingerprint density at radius 1 is 1.21 bits per heavy atom. The van der Waals surface area contributed by atoms with Crippen LogP contribution in [0.5, 0.6) is 5.75 Å². The third-order valence-electron chi connectivity index (χ3n) is 2.97. The summed E-state index contributed by atoms with van der Waals surface area (Å²) in [6.45, 7) is -0.313. The molecule has 0 aromatic heterocycles. The lowest BCUT2D eigenvalue weighted by Crippen LogP contribution is -2.20. The van der Waals surface area contributed by atoms with Crippen LogP contribution < -0.4 is 15.8 Å². The normalized spacial score (nSPS) is 11.1. The monoisotopic (exact) mass is 388 g/mol. The van der Waals surface area contributed by atoms with Gasteiger partial charge in [0.15, 0.2) is 16.4 Å². The minimum absolute atomic E-state index is 0.109. The lowest BCUT2D eigenvalue weighted by atomic mass is 10.3. The van der Waals surface area contributed by atoms with E-state index < -0.39 is 15.7 Å². The van der Waals surface area contributed by atoms with Crippen molar-refractivity contribution in [2.45, 2.75) is 4.90 Å². The smallest absolute Gasteiger partial charge is 0.262 e. The van der Waals surface area contributed by atoms with Crippen LogP contribution >= 0.6 is 23.2 Å². The van der Waals surface area contributed by atoms with Gasteiger partial charge < -0.3 is 15.8 Å². The maximum absolute atomic E-state index is 11.9. The number of sulfone groups is 1. The highest BCUT2D eigenvalue weighted by Crippen LogP contribution is 2.31. The summed E-state index contributed by atoms with van der Waals surface area (Å²) < 4.78 is 28.3. The lowest BCUT2D eigenvalue weighted by molar-refractivity contribution is -0.118. The molecule has 0 aliphatic rings. The first-order valence-electron chi connectivity index (χ1n) is 6.64. The molecule has 0 bridgehead atoms. The molecular formula is C15H14Cl2N2O4S. The summed E-state index contributed by atoms with van der Waals surface area (Å²) in [5.74, 6) is -0.196. The number of nitrogens with two attached hydrogens (primary N) is 1. The zero-order chi connectivity index (χ0) is 17.9. The molecule has 0 aliphatic carbocycles. The Labute approximate surface area is 149 Å². The van der Waals surface area contributed by atoms with E-state index in [0.29, 0.717) is 5.69 Å². The molecule has 2 aromatic carbocycles. The number of halogens is 2. The number of anilines is 2. The number of hydrogen-bond acceptors (Lipinski definition) is 5. The average Bonchev–Trinajstić information content (AvgIpc) is 2.50. The topological polar surface area (TPSA) is 98.5 Å². The number of benzene rings is 2. The molecule has 0 radical (unpaired) electrons. The van der Waals surface area contributed by atoms with E-state index in [1.807, 2.05) is 0 Å². The molecule has 0 atom stereocenters. The minimum atomic E-state index is -3.35. The third kappa shape index (κ3) is 4.77. The van der Waals surface area contributed by atoms with E-state index in [4.69, 9.17) is 33.7 Å². The molecule has 0 fully saturated rings. The van der Waals surface area contributed by atoms with E-state index in [0.717, 1.165) is 6.26 Å². The van der Waals surface area contributed by atoms with Crippen molar-refractivity contribution in [3.05, 3.63) is 46.4 Å². The Morgan fingerprint density at radius 2 is 1.83 bits per heavy atom. The van der Waals surface area contributed by atoms with Crippen molar-refractivity contribution in [3.63, 3.8) is 0 Å². The molecule has 0 saturated heterocycles. The van der Waals surface area contributed by atoms with Crippen LogP contribution in [-0.2, 0) is 14.6 Å². The second-order valence-corrected chi connectivity index (χ2v) is 7.77. The second-order valence-electron chi connectivity index (χ2n) is 4.94. The molecule has 128 valence electrons. The molecule has 24 heavy (non-hydrogen) atoms. The summed E-state index contributed by atoms with van der Waals surface area (Å²) in [4.78, 5) is 12.0. The number of hydrogen-bond donors (Lipinski definition) is 2. The zero-order valence-corrected chi connectivity index (χ0v) is 14.9. The van der Waals surface area contributed by atoms with Crippen LogP contribution in [-0.4, -0.2) is 27.2 Å². The highest BCUT2D eigenvalue weighted by Gasteiger charge is 2.11. The Morgan fingerprint density at radius 3 is 2.42 bits per heavy atom. The van der Waals surface area contributed by atoms with Gasteiger partial charge in [-0.25, -0.2) is 8.42 Å². The summed E-state index contributed by atoms with van der Waals surface area (Å²) in [5, 5.41) is 3.00. The number of carbonyl (C=O) groups is 1. The highest BCUT2D eigenvalue weighted by molar-refractivity contribution is 7.90. The molecular weight excluding hydrogens is 375 g/mol. The number of rotatable bonds is 5. The van der Waals surface area contributed by atoms with Crippen LogP contribution in [0.4, 0.5) is 11.4 Å². The van der Waals surface area contributed by atoms with Crippen molar-refractivity contribution >= 4 is 50.3 Å². The van der Waals surface area contributed by atoms with Gasteiger partial charge in [-0.3, -0.25) is 4.79 Å². The summed E-state index contributed by atoms with van der Waals surface area (Å²) in [5.41, 5.74) is 6.21. The first-order chi connectivity index (χ1) is 11.2. The number of amides is 1. The van der Waals surface area contributed by atoms with Crippen LogP contribution in [0.25, 0.3) is 0 Å². The predicted molar refractivity (Wildman–Crippen MR) is 94.6 cm³/mol. The van der Waals surface area contributed by atoms with E-state index in [9.17, 15) is 13.2 Å². The van der Waals surface area contributed by atoms with E-state index in [1.54, 1.807) is 6.07 Å². The number of ether oxygens (including phenoxy) is 1. The largest absolute Gasteiger partial charge is 0.484 e. The van der Waals surface area contributed by atoms with Crippen molar-refractivity contribution in [1.82, 2.24) is 0 Å². The molecule has 0 spiro atoms. The highest BCUT2D eigenvalue weighted by atomic mass is 35.5. The molecule has 2 rings (SSSR count). The molecule has 0 heterocycles. The predicted octanol–water partition coefficient (Wildman–Crippen LogP) is 3.00.